The standard InChI is InChI=1S/C18H29ClN4O.HI/c1-2-20-18(21-8-4-10-23-11-13-24-14-12-23)22-9-7-16-5-3-6-17(19)15-16;/h3,5-6,15H,2,4,7-14H2,1H3,(H2,20,21,22);1H. The second kappa shape index (κ2) is 13.6. The van der Waals surface area contributed by atoms with E-state index >= 15 is 0 Å². The number of aliphatic imine (C=N–C) groups is 1. The molecule has 0 aromatic heterocycles. The van der Waals surface area contributed by atoms with E-state index in [1.54, 1.807) is 0 Å². The number of nitrogens with zero attached hydrogens (tertiary/aromatic N) is 2. The molecule has 1 aromatic rings. The van der Waals surface area contributed by atoms with E-state index in [2.05, 4.69) is 33.5 Å². The molecule has 0 unspecified atom stereocenters. The second-order valence-electron chi connectivity index (χ2n) is 5.87. The first-order valence-corrected chi connectivity index (χ1v) is 9.22. The van der Waals surface area contributed by atoms with Crippen LogP contribution in [0.5, 0.6) is 0 Å². The molecule has 142 valence electrons. The minimum Gasteiger partial charge on any atom is -0.379 e. The molecule has 0 spiro atoms. The van der Waals surface area contributed by atoms with Crippen LogP contribution in [-0.4, -0.2) is 63.3 Å². The number of rotatable bonds is 8. The molecule has 5 nitrogen and oxygen atoms in total. The fraction of sp³-hybridized carbons (Fsp3) is 0.611. The third-order valence-corrected chi connectivity index (χ3v) is 4.18. The summed E-state index contributed by atoms with van der Waals surface area (Å²) in [7, 11) is 0. The van der Waals surface area contributed by atoms with Crippen molar-refractivity contribution in [1.82, 2.24) is 15.5 Å². The molecule has 0 saturated carbocycles. The Kier molecular flexibility index (Phi) is 12.2. The number of hydrogen-bond donors (Lipinski definition) is 2. The van der Waals surface area contributed by atoms with Gasteiger partial charge in [0.15, 0.2) is 5.96 Å². The summed E-state index contributed by atoms with van der Waals surface area (Å²) in [5.74, 6) is 0.890. The summed E-state index contributed by atoms with van der Waals surface area (Å²) in [6.07, 6.45) is 2.00. The van der Waals surface area contributed by atoms with Crippen LogP contribution in [0.15, 0.2) is 29.3 Å². The summed E-state index contributed by atoms with van der Waals surface area (Å²) in [5.41, 5.74) is 1.23. The predicted octanol–water partition coefficient (Wildman–Crippen LogP) is 2.78. The van der Waals surface area contributed by atoms with Crippen LogP contribution in [0.25, 0.3) is 0 Å². The van der Waals surface area contributed by atoms with Crippen LogP contribution in [0.3, 0.4) is 0 Å². The lowest BCUT2D eigenvalue weighted by molar-refractivity contribution is 0.0377. The second-order valence-corrected chi connectivity index (χ2v) is 6.31. The van der Waals surface area contributed by atoms with Gasteiger partial charge in [-0.3, -0.25) is 9.89 Å². The van der Waals surface area contributed by atoms with E-state index < -0.39 is 0 Å². The smallest absolute Gasteiger partial charge is 0.191 e. The predicted molar refractivity (Wildman–Crippen MR) is 116 cm³/mol. The van der Waals surface area contributed by atoms with Crippen LogP contribution >= 0.6 is 35.6 Å². The molecular formula is C18H30ClIN4O. The molecule has 1 aliphatic rings. The minimum atomic E-state index is 0. The average Bonchev–Trinajstić information content (AvgIpc) is 2.59. The van der Waals surface area contributed by atoms with Crippen molar-refractivity contribution in [3.05, 3.63) is 34.9 Å². The maximum absolute atomic E-state index is 6.02. The molecule has 1 aromatic carbocycles. The fourth-order valence-corrected chi connectivity index (χ4v) is 2.88. The van der Waals surface area contributed by atoms with E-state index in [9.17, 15) is 0 Å². The van der Waals surface area contributed by atoms with E-state index in [0.29, 0.717) is 0 Å². The van der Waals surface area contributed by atoms with Gasteiger partial charge in [-0.15, -0.1) is 24.0 Å². The Balaban J connectivity index is 0.00000312. The monoisotopic (exact) mass is 480 g/mol. The highest BCUT2D eigenvalue weighted by Gasteiger charge is 2.09. The number of ether oxygens (including phenoxy) is 1. The molecule has 0 amide bonds. The van der Waals surface area contributed by atoms with Gasteiger partial charge in [-0.05, 0) is 37.5 Å². The molecule has 2 rings (SSSR count). The summed E-state index contributed by atoms with van der Waals surface area (Å²) >= 11 is 6.02. The third-order valence-electron chi connectivity index (χ3n) is 3.95. The highest BCUT2D eigenvalue weighted by Crippen LogP contribution is 2.10. The molecule has 7 heteroatoms. The molecule has 0 radical (unpaired) electrons. The van der Waals surface area contributed by atoms with Gasteiger partial charge in [0, 0.05) is 44.3 Å². The number of benzene rings is 1. The normalized spacial score (nSPS) is 15.5. The lowest BCUT2D eigenvalue weighted by Crippen LogP contribution is -2.39. The van der Waals surface area contributed by atoms with Crippen molar-refractivity contribution in [2.45, 2.75) is 19.8 Å². The minimum absolute atomic E-state index is 0. The van der Waals surface area contributed by atoms with Crippen molar-refractivity contribution < 1.29 is 4.74 Å². The van der Waals surface area contributed by atoms with Gasteiger partial charge in [0.05, 0.1) is 13.2 Å². The zero-order valence-corrected chi connectivity index (χ0v) is 18.1. The van der Waals surface area contributed by atoms with Gasteiger partial charge in [-0.1, -0.05) is 23.7 Å². The van der Waals surface area contributed by atoms with Crippen molar-refractivity contribution in [1.29, 1.82) is 0 Å². The van der Waals surface area contributed by atoms with E-state index in [-0.39, 0.29) is 24.0 Å². The Bertz CT molecular complexity index is 510. The molecule has 2 N–H and O–H groups in total. The van der Waals surface area contributed by atoms with E-state index in [4.69, 9.17) is 16.3 Å². The van der Waals surface area contributed by atoms with Crippen molar-refractivity contribution in [3.8, 4) is 0 Å². The number of nitrogens with one attached hydrogen (secondary N) is 2. The van der Waals surface area contributed by atoms with Crippen molar-refractivity contribution in [2.75, 3.05) is 52.5 Å². The van der Waals surface area contributed by atoms with Crippen LogP contribution < -0.4 is 10.6 Å². The Hall–Kier alpha value is -0.570. The van der Waals surface area contributed by atoms with Gasteiger partial charge >= 0.3 is 0 Å². The molecule has 0 bridgehead atoms. The molecule has 1 fully saturated rings. The van der Waals surface area contributed by atoms with Gasteiger partial charge in [-0.2, -0.15) is 0 Å². The molecular weight excluding hydrogens is 451 g/mol. The molecule has 1 aliphatic heterocycles. The molecule has 1 saturated heterocycles. The van der Waals surface area contributed by atoms with Gasteiger partial charge in [0.25, 0.3) is 0 Å². The maximum Gasteiger partial charge on any atom is 0.191 e. The van der Waals surface area contributed by atoms with E-state index in [1.165, 1.54) is 5.56 Å². The highest BCUT2D eigenvalue weighted by atomic mass is 127. The highest BCUT2D eigenvalue weighted by molar-refractivity contribution is 14.0. The number of guanidine groups is 1. The van der Waals surface area contributed by atoms with Gasteiger partial charge in [-0.25, -0.2) is 0 Å². The van der Waals surface area contributed by atoms with E-state index in [0.717, 1.165) is 76.3 Å². The Labute approximate surface area is 173 Å². The van der Waals surface area contributed by atoms with Crippen LogP contribution in [0.2, 0.25) is 5.02 Å². The Morgan fingerprint density at radius 2 is 2.08 bits per heavy atom. The molecule has 0 aliphatic carbocycles. The van der Waals surface area contributed by atoms with Crippen LogP contribution in [0.1, 0.15) is 18.9 Å². The molecule has 25 heavy (non-hydrogen) atoms. The lowest BCUT2D eigenvalue weighted by Gasteiger charge is -2.26. The summed E-state index contributed by atoms with van der Waals surface area (Å²) in [5, 5.41) is 7.48. The SMILES string of the molecule is CCNC(=NCCCN1CCOCC1)NCCc1cccc(Cl)c1.I. The van der Waals surface area contributed by atoms with E-state index in [1.807, 2.05) is 18.2 Å². The zero-order chi connectivity index (χ0) is 17.0. The fourth-order valence-electron chi connectivity index (χ4n) is 2.67. The number of morpholine rings is 1. The molecule has 1 heterocycles. The quantitative estimate of drug-likeness (QED) is 0.260. The lowest BCUT2D eigenvalue weighted by atomic mass is 10.1. The van der Waals surface area contributed by atoms with Crippen molar-refractivity contribution >= 4 is 41.5 Å². The van der Waals surface area contributed by atoms with Gasteiger partial charge < -0.3 is 15.4 Å². The van der Waals surface area contributed by atoms with Crippen LogP contribution in [-0.2, 0) is 11.2 Å². The van der Waals surface area contributed by atoms with Crippen LogP contribution in [0.4, 0.5) is 0 Å². The summed E-state index contributed by atoms with van der Waals surface area (Å²) < 4.78 is 5.37. The van der Waals surface area contributed by atoms with Gasteiger partial charge in [0.2, 0.25) is 0 Å². The summed E-state index contributed by atoms with van der Waals surface area (Å²) in [6, 6.07) is 8.00. The Morgan fingerprint density at radius 3 is 2.80 bits per heavy atom. The summed E-state index contributed by atoms with van der Waals surface area (Å²) in [4.78, 5) is 7.10. The van der Waals surface area contributed by atoms with Crippen LogP contribution in [0, 0.1) is 0 Å². The number of halogens is 2. The Morgan fingerprint density at radius 1 is 1.28 bits per heavy atom. The van der Waals surface area contributed by atoms with Crippen molar-refractivity contribution in [3.63, 3.8) is 0 Å². The molecule has 0 atom stereocenters. The zero-order valence-electron chi connectivity index (χ0n) is 15.0. The first-order chi connectivity index (χ1) is 11.8. The first kappa shape index (κ1) is 22.5. The number of hydrogen-bond acceptors (Lipinski definition) is 3. The first-order valence-electron chi connectivity index (χ1n) is 8.84. The van der Waals surface area contributed by atoms with Crippen molar-refractivity contribution in [2.24, 2.45) is 4.99 Å². The third kappa shape index (κ3) is 9.63. The van der Waals surface area contributed by atoms with Gasteiger partial charge in [0.1, 0.15) is 0 Å². The topological polar surface area (TPSA) is 48.9 Å². The summed E-state index contributed by atoms with van der Waals surface area (Å²) in [6.45, 7) is 9.53. The average molecular weight is 481 g/mol. The largest absolute Gasteiger partial charge is 0.379 e. The maximum atomic E-state index is 6.02.